The Morgan fingerprint density at radius 1 is 0.319 bits per heavy atom. The van der Waals surface area contributed by atoms with E-state index in [-0.39, 0.29) is 12.2 Å². The molecule has 0 saturated carbocycles. The fourth-order valence-electron chi connectivity index (χ4n) is 9.37. The lowest BCUT2D eigenvalue weighted by molar-refractivity contribution is 0.0769. The summed E-state index contributed by atoms with van der Waals surface area (Å²) in [5, 5.41) is 2.03. The van der Waals surface area contributed by atoms with Crippen molar-refractivity contribution in [1.82, 2.24) is 24.9 Å². The summed E-state index contributed by atoms with van der Waals surface area (Å²) in [4.78, 5) is 23.8. The first-order valence-corrected chi connectivity index (χ1v) is 22.9. The van der Waals surface area contributed by atoms with Crippen molar-refractivity contribution in [2.75, 3.05) is 0 Å². The number of para-hydroxylation sites is 1. The monoisotopic (exact) mass is 889 g/mol. The molecule has 2 atom stereocenters. The van der Waals surface area contributed by atoms with Crippen LogP contribution in [0.3, 0.4) is 0 Å². The Bertz CT molecular complexity index is 3720. The van der Waals surface area contributed by atoms with Crippen LogP contribution in [0, 0.1) is 0 Å². The van der Waals surface area contributed by atoms with Crippen molar-refractivity contribution in [3.63, 3.8) is 0 Å². The Kier molecular flexibility index (Phi) is 9.79. The molecule has 69 heavy (non-hydrogen) atoms. The zero-order valence-corrected chi connectivity index (χ0v) is 37.0. The summed E-state index contributed by atoms with van der Waals surface area (Å²) in [6.07, 6.45) is 14.8. The topological polar surface area (TPSA) is 96.1 Å². The van der Waals surface area contributed by atoms with E-state index in [1.54, 1.807) is 0 Å². The predicted octanol–water partition coefficient (Wildman–Crippen LogP) is 14.5. The van der Waals surface area contributed by atoms with Gasteiger partial charge < -0.3 is 13.9 Å². The summed E-state index contributed by atoms with van der Waals surface area (Å²) >= 11 is 0. The van der Waals surface area contributed by atoms with E-state index >= 15 is 0 Å². The maximum Gasteiger partial charge on any atom is 0.174 e. The molecule has 8 heteroatoms. The van der Waals surface area contributed by atoms with Crippen molar-refractivity contribution < 1.29 is 13.9 Å². The van der Waals surface area contributed by atoms with Crippen LogP contribution in [0.5, 0.6) is 11.5 Å². The lowest BCUT2D eigenvalue weighted by Gasteiger charge is -2.34. The molecule has 326 valence electrons. The lowest BCUT2D eigenvalue weighted by Crippen LogP contribution is -2.38. The molecule has 0 spiro atoms. The molecule has 2 aliphatic rings. The first-order chi connectivity index (χ1) is 34.1. The number of rotatable bonds is 8. The molecule has 0 radical (unpaired) electrons. The van der Waals surface area contributed by atoms with Crippen molar-refractivity contribution in [2.45, 2.75) is 12.2 Å². The van der Waals surface area contributed by atoms with Crippen LogP contribution in [0.4, 0.5) is 0 Å². The van der Waals surface area contributed by atoms with E-state index in [1.165, 1.54) is 0 Å². The summed E-state index contributed by atoms with van der Waals surface area (Å²) in [6, 6.07) is 60.5. The van der Waals surface area contributed by atoms with Gasteiger partial charge in [0.05, 0.1) is 5.56 Å². The largest absolute Gasteiger partial charge is 0.478 e. The van der Waals surface area contributed by atoms with Gasteiger partial charge in [-0.25, -0.2) is 15.0 Å². The third-order valence-corrected chi connectivity index (χ3v) is 12.9. The quantitative estimate of drug-likeness (QED) is 0.149. The van der Waals surface area contributed by atoms with Crippen LogP contribution in [0.1, 0.15) is 0 Å². The predicted molar refractivity (Wildman–Crippen MR) is 273 cm³/mol. The fraction of sp³-hybridized carbons (Fsp3) is 0.0328. The van der Waals surface area contributed by atoms with E-state index in [9.17, 15) is 0 Å². The van der Waals surface area contributed by atoms with Crippen molar-refractivity contribution in [3.05, 3.63) is 225 Å². The van der Waals surface area contributed by atoms with Gasteiger partial charge in [0.2, 0.25) is 0 Å². The van der Waals surface area contributed by atoms with E-state index in [0.29, 0.717) is 34.5 Å². The third kappa shape index (κ3) is 7.50. The number of hydrogen-bond acceptors (Lipinski definition) is 8. The molecular weight excluding hydrogens is 851 g/mol. The molecule has 0 amide bonds. The molecular formula is C61H39N5O3. The molecule has 8 nitrogen and oxygen atoms in total. The molecule has 0 bridgehead atoms. The Morgan fingerprint density at radius 2 is 0.783 bits per heavy atom. The molecule has 0 saturated heterocycles. The highest BCUT2D eigenvalue weighted by Gasteiger charge is 2.34. The zero-order chi connectivity index (χ0) is 45.7. The van der Waals surface area contributed by atoms with E-state index in [1.807, 2.05) is 140 Å². The van der Waals surface area contributed by atoms with Crippen LogP contribution in [-0.4, -0.2) is 37.1 Å². The van der Waals surface area contributed by atoms with Gasteiger partial charge >= 0.3 is 0 Å². The Hall–Kier alpha value is -9.27. The van der Waals surface area contributed by atoms with E-state index < -0.39 is 0 Å². The lowest BCUT2D eigenvalue weighted by atomic mass is 9.93. The molecule has 1 aliphatic heterocycles. The van der Waals surface area contributed by atoms with E-state index in [4.69, 9.17) is 28.8 Å². The smallest absolute Gasteiger partial charge is 0.174 e. The molecule has 5 heterocycles. The van der Waals surface area contributed by atoms with Gasteiger partial charge in [0.1, 0.15) is 11.2 Å². The van der Waals surface area contributed by atoms with Gasteiger partial charge in [0, 0.05) is 52.3 Å². The number of nitrogens with zero attached hydrogens (tertiary/aromatic N) is 5. The summed E-state index contributed by atoms with van der Waals surface area (Å²) in [7, 11) is 0. The van der Waals surface area contributed by atoms with Crippen LogP contribution in [0.15, 0.2) is 229 Å². The summed E-state index contributed by atoms with van der Waals surface area (Å²) < 4.78 is 19.9. The van der Waals surface area contributed by atoms with Crippen molar-refractivity contribution in [2.24, 2.45) is 0 Å². The van der Waals surface area contributed by atoms with Crippen LogP contribution in [0.25, 0.3) is 112 Å². The van der Waals surface area contributed by atoms with E-state index in [0.717, 1.165) is 88.7 Å². The van der Waals surface area contributed by atoms with Crippen LogP contribution >= 0.6 is 0 Å². The maximum atomic E-state index is 6.89. The molecule has 7 aromatic carbocycles. The number of pyridine rings is 2. The number of allylic oxidation sites excluding steroid dienone is 2. The molecule has 13 rings (SSSR count). The van der Waals surface area contributed by atoms with Gasteiger partial charge in [0.15, 0.2) is 41.2 Å². The standard InChI is InChI=1S/C61H39N5O3/c1-2-8-44(9-3-1)59-64-60(45-22-25-54-52(37-45)50-10-4-5-11-53(50)67-54)66-61(65-59)51-24-23-49(57-58(51)69-56-13-7-6-12-55(56)68-57)43-20-18-39(19-21-43)38-14-16-40(17-15-38)46-34-47(41-26-30-62-31-27-41)36-48(35-46)42-28-32-63-33-29-42/h1-37,55-56H. The first kappa shape index (κ1) is 40.0. The van der Waals surface area contributed by atoms with Gasteiger partial charge in [-0.1, -0.05) is 109 Å². The molecule has 2 unspecified atom stereocenters. The molecule has 1 aliphatic carbocycles. The van der Waals surface area contributed by atoms with Gasteiger partial charge in [-0.05, 0) is 141 Å². The van der Waals surface area contributed by atoms with Crippen molar-refractivity contribution in [1.29, 1.82) is 0 Å². The van der Waals surface area contributed by atoms with E-state index in [2.05, 4.69) is 94.9 Å². The van der Waals surface area contributed by atoms with Crippen LogP contribution in [0.2, 0.25) is 0 Å². The van der Waals surface area contributed by atoms with Gasteiger partial charge in [-0.3, -0.25) is 9.97 Å². The summed E-state index contributed by atoms with van der Waals surface area (Å²) in [5.41, 5.74) is 14.9. The van der Waals surface area contributed by atoms with Gasteiger partial charge in [-0.15, -0.1) is 0 Å². The normalized spacial score (nSPS) is 14.8. The Labute approximate surface area is 397 Å². The number of aromatic nitrogens is 5. The SMILES string of the molecule is C1=CC2Oc3c(-c4ccc(-c5ccc(-c6cc(-c7ccncc7)cc(-c7ccncc7)c6)cc5)cc4)ccc(-c4nc(-c5ccccc5)nc(-c5ccc6oc7ccccc7c6c5)n4)c3OC2C=C1. The molecule has 4 aromatic heterocycles. The minimum absolute atomic E-state index is 0.300. The number of fused-ring (bicyclic) bond motifs is 5. The second-order valence-electron chi connectivity index (χ2n) is 17.2. The summed E-state index contributed by atoms with van der Waals surface area (Å²) in [6.45, 7) is 0. The second-order valence-corrected chi connectivity index (χ2v) is 17.2. The fourth-order valence-corrected chi connectivity index (χ4v) is 9.37. The molecule has 0 fully saturated rings. The van der Waals surface area contributed by atoms with Crippen LogP contribution in [-0.2, 0) is 0 Å². The highest BCUT2D eigenvalue weighted by atomic mass is 16.6. The highest BCUT2D eigenvalue weighted by molar-refractivity contribution is 6.06. The first-order valence-electron chi connectivity index (χ1n) is 22.9. The minimum atomic E-state index is -0.325. The number of ether oxygens (including phenoxy) is 2. The van der Waals surface area contributed by atoms with Crippen molar-refractivity contribution >= 4 is 21.9 Å². The average molecular weight is 890 g/mol. The Morgan fingerprint density at radius 3 is 1.41 bits per heavy atom. The number of benzene rings is 7. The highest BCUT2D eigenvalue weighted by Crippen LogP contribution is 2.49. The second kappa shape index (κ2) is 16.9. The molecule has 11 aromatic rings. The van der Waals surface area contributed by atoms with Crippen LogP contribution < -0.4 is 9.47 Å². The number of hydrogen-bond donors (Lipinski definition) is 0. The minimum Gasteiger partial charge on any atom is -0.478 e. The van der Waals surface area contributed by atoms with Gasteiger partial charge in [0.25, 0.3) is 0 Å². The third-order valence-electron chi connectivity index (χ3n) is 12.9. The summed E-state index contributed by atoms with van der Waals surface area (Å²) in [5.74, 6) is 2.79. The average Bonchev–Trinajstić information content (AvgIpc) is 3.81. The Balaban J connectivity index is 0.865. The number of furan rings is 1. The van der Waals surface area contributed by atoms with Gasteiger partial charge in [-0.2, -0.15) is 0 Å². The van der Waals surface area contributed by atoms with Crippen molar-refractivity contribution in [3.8, 4) is 101 Å². The molecule has 0 N–H and O–H groups in total. The maximum absolute atomic E-state index is 6.89. The zero-order valence-electron chi connectivity index (χ0n) is 37.0.